The van der Waals surface area contributed by atoms with Crippen LogP contribution in [0.3, 0.4) is 0 Å². The van der Waals surface area contributed by atoms with Gasteiger partial charge in [0.05, 0.1) is 18.3 Å². The van der Waals surface area contributed by atoms with Crippen LogP contribution in [0.15, 0.2) is 30.5 Å². The molecule has 1 aromatic carbocycles. The molecule has 0 bridgehead atoms. The summed E-state index contributed by atoms with van der Waals surface area (Å²) in [5, 5.41) is 5.31. The fourth-order valence-electron chi connectivity index (χ4n) is 1.38. The first-order valence-corrected chi connectivity index (χ1v) is 5.65. The van der Waals surface area contributed by atoms with E-state index in [0.717, 1.165) is 13.2 Å². The molecule has 0 atom stereocenters. The maximum atomic E-state index is 4.81. The molecule has 0 aliphatic heterocycles. The first kappa shape index (κ1) is 13.7. The smallest absolute Gasteiger partial charge is 0.0679 e. The van der Waals surface area contributed by atoms with Crippen LogP contribution in [0.4, 0.5) is 0 Å². The molecule has 0 fully saturated rings. The molecule has 1 aromatic heterocycles. The highest BCUT2D eigenvalue weighted by molar-refractivity contribution is 5.78. The number of likely N-dealkylation sites (N-methyl/N-ethyl adjacent to an activating group) is 1. The van der Waals surface area contributed by atoms with Gasteiger partial charge in [0.1, 0.15) is 0 Å². The second-order valence-corrected chi connectivity index (χ2v) is 4.12. The molecule has 17 heavy (non-hydrogen) atoms. The van der Waals surface area contributed by atoms with Gasteiger partial charge in [0, 0.05) is 26.1 Å². The van der Waals surface area contributed by atoms with Gasteiger partial charge in [-0.1, -0.05) is 18.2 Å². The van der Waals surface area contributed by atoms with Gasteiger partial charge in [-0.2, -0.15) is 5.10 Å². The average molecular weight is 235 g/mol. The van der Waals surface area contributed by atoms with E-state index in [1.165, 1.54) is 10.9 Å². The molecule has 0 spiro atoms. The van der Waals surface area contributed by atoms with E-state index >= 15 is 0 Å². The van der Waals surface area contributed by atoms with Crippen molar-refractivity contribution in [2.75, 3.05) is 34.4 Å². The van der Waals surface area contributed by atoms with Gasteiger partial charge >= 0.3 is 0 Å². The van der Waals surface area contributed by atoms with Gasteiger partial charge in [-0.25, -0.2) is 0 Å². The number of nitrogens with zero attached hydrogens (tertiary/aromatic N) is 3. The fourth-order valence-corrected chi connectivity index (χ4v) is 1.38. The molecule has 1 heterocycles. The Bertz CT molecular complexity index is 437. The van der Waals surface area contributed by atoms with Gasteiger partial charge in [0.2, 0.25) is 0 Å². The minimum absolute atomic E-state index is 0.826. The molecule has 0 saturated heterocycles. The fraction of sp³-hybridized carbons (Fsp3) is 0.462. The van der Waals surface area contributed by atoms with Crippen LogP contribution < -0.4 is 0 Å². The van der Waals surface area contributed by atoms with Crippen molar-refractivity contribution in [3.8, 4) is 0 Å². The quantitative estimate of drug-likeness (QED) is 0.812. The first-order valence-electron chi connectivity index (χ1n) is 5.65. The van der Waals surface area contributed by atoms with Crippen molar-refractivity contribution in [2.45, 2.75) is 0 Å². The number of fused-ring (bicyclic) bond motifs is 1. The van der Waals surface area contributed by atoms with E-state index in [1.807, 2.05) is 44.2 Å². The lowest BCUT2D eigenvalue weighted by atomic mass is 10.3. The van der Waals surface area contributed by atoms with Crippen LogP contribution in [0.1, 0.15) is 0 Å². The van der Waals surface area contributed by atoms with Crippen LogP contribution in [0, 0.1) is 0 Å². The molecule has 0 unspecified atom stereocenters. The Labute approximate surface area is 103 Å². The summed E-state index contributed by atoms with van der Waals surface area (Å²) in [6.45, 7) is 1.84. The number of benzene rings is 1. The minimum atomic E-state index is 0.826. The van der Waals surface area contributed by atoms with Gasteiger partial charge in [0.15, 0.2) is 0 Å². The number of hydrogen-bond acceptors (Lipinski definition) is 3. The third-order valence-corrected chi connectivity index (χ3v) is 2.40. The number of rotatable bonds is 3. The van der Waals surface area contributed by atoms with E-state index in [1.54, 1.807) is 7.11 Å². The Morgan fingerprint density at radius 3 is 2.53 bits per heavy atom. The van der Waals surface area contributed by atoms with Crippen molar-refractivity contribution < 1.29 is 4.74 Å². The molecular formula is C13H21N3O. The zero-order valence-corrected chi connectivity index (χ0v) is 11.1. The Balaban J connectivity index is 0.000000185. The van der Waals surface area contributed by atoms with E-state index in [4.69, 9.17) is 4.74 Å². The third-order valence-electron chi connectivity index (χ3n) is 2.40. The summed E-state index contributed by atoms with van der Waals surface area (Å²) in [7, 11) is 7.71. The van der Waals surface area contributed by atoms with Crippen LogP contribution in [-0.4, -0.2) is 49.0 Å². The van der Waals surface area contributed by atoms with Crippen molar-refractivity contribution in [1.82, 2.24) is 14.7 Å². The molecule has 2 rings (SSSR count). The standard InChI is InChI=1S/C8H8N2.C5H13NO/c1-10-8-5-3-2-4-7(8)6-9-10;1-6(2)4-5-7-3/h2-6H,1H3;4-5H2,1-3H3. The lowest BCUT2D eigenvalue weighted by Crippen LogP contribution is -2.16. The Kier molecular flexibility index (Phi) is 5.66. The summed E-state index contributed by atoms with van der Waals surface area (Å²) in [5.41, 5.74) is 1.18. The molecule has 4 nitrogen and oxygen atoms in total. The SMILES string of the molecule is COCCN(C)C.Cn1ncc2ccccc21. The van der Waals surface area contributed by atoms with E-state index in [9.17, 15) is 0 Å². The normalized spacial score (nSPS) is 10.4. The van der Waals surface area contributed by atoms with Crippen molar-refractivity contribution in [3.05, 3.63) is 30.5 Å². The summed E-state index contributed by atoms with van der Waals surface area (Å²) in [6.07, 6.45) is 1.87. The third kappa shape index (κ3) is 4.54. The second kappa shape index (κ2) is 7.04. The molecule has 0 saturated carbocycles. The topological polar surface area (TPSA) is 30.3 Å². The Morgan fingerprint density at radius 2 is 2.00 bits per heavy atom. The highest BCUT2D eigenvalue weighted by atomic mass is 16.5. The van der Waals surface area contributed by atoms with Crippen LogP contribution in [0.5, 0.6) is 0 Å². The van der Waals surface area contributed by atoms with Gasteiger partial charge < -0.3 is 9.64 Å². The summed E-state index contributed by atoms with van der Waals surface area (Å²) >= 11 is 0. The molecule has 94 valence electrons. The van der Waals surface area contributed by atoms with E-state index in [0.29, 0.717) is 0 Å². The predicted octanol–water partition coefficient (Wildman–Crippen LogP) is 1.77. The Hall–Kier alpha value is -1.39. The lowest BCUT2D eigenvalue weighted by Gasteiger charge is -2.06. The number of para-hydroxylation sites is 1. The van der Waals surface area contributed by atoms with Crippen LogP contribution in [0.2, 0.25) is 0 Å². The number of aryl methyl sites for hydroxylation is 1. The lowest BCUT2D eigenvalue weighted by molar-refractivity contribution is 0.172. The number of hydrogen-bond donors (Lipinski definition) is 0. The van der Waals surface area contributed by atoms with E-state index in [-0.39, 0.29) is 0 Å². The highest BCUT2D eigenvalue weighted by Gasteiger charge is 1.93. The summed E-state index contributed by atoms with van der Waals surface area (Å²) in [6, 6.07) is 8.15. The van der Waals surface area contributed by atoms with Crippen LogP contribution in [0.25, 0.3) is 10.9 Å². The Morgan fingerprint density at radius 1 is 1.29 bits per heavy atom. The van der Waals surface area contributed by atoms with Gasteiger partial charge in [-0.05, 0) is 20.2 Å². The number of ether oxygens (including phenoxy) is 1. The van der Waals surface area contributed by atoms with Crippen molar-refractivity contribution >= 4 is 10.9 Å². The van der Waals surface area contributed by atoms with Crippen molar-refractivity contribution in [1.29, 1.82) is 0 Å². The molecular weight excluding hydrogens is 214 g/mol. The monoisotopic (exact) mass is 235 g/mol. The zero-order chi connectivity index (χ0) is 12.7. The van der Waals surface area contributed by atoms with Gasteiger partial charge in [-0.15, -0.1) is 0 Å². The largest absolute Gasteiger partial charge is 0.383 e. The zero-order valence-electron chi connectivity index (χ0n) is 11.1. The predicted molar refractivity (Wildman–Crippen MR) is 71.1 cm³/mol. The van der Waals surface area contributed by atoms with E-state index < -0.39 is 0 Å². The summed E-state index contributed by atoms with van der Waals surface area (Å²) in [4.78, 5) is 2.09. The highest BCUT2D eigenvalue weighted by Crippen LogP contribution is 2.10. The number of methoxy groups -OCH3 is 1. The molecule has 0 aliphatic rings. The average Bonchev–Trinajstić information content (AvgIpc) is 2.70. The molecule has 0 N–H and O–H groups in total. The molecule has 0 amide bonds. The van der Waals surface area contributed by atoms with Gasteiger partial charge in [0.25, 0.3) is 0 Å². The van der Waals surface area contributed by atoms with Crippen LogP contribution >= 0.6 is 0 Å². The number of aromatic nitrogens is 2. The molecule has 4 heteroatoms. The van der Waals surface area contributed by atoms with Crippen molar-refractivity contribution in [2.24, 2.45) is 7.05 Å². The first-order chi connectivity index (χ1) is 8.15. The maximum absolute atomic E-state index is 4.81. The molecule has 0 radical (unpaired) electrons. The van der Waals surface area contributed by atoms with Gasteiger partial charge in [-0.3, -0.25) is 4.68 Å². The maximum Gasteiger partial charge on any atom is 0.0679 e. The molecule has 2 aromatic rings. The second-order valence-electron chi connectivity index (χ2n) is 4.12. The molecule has 0 aliphatic carbocycles. The minimum Gasteiger partial charge on any atom is -0.383 e. The summed E-state index contributed by atoms with van der Waals surface area (Å²) in [5.74, 6) is 0. The summed E-state index contributed by atoms with van der Waals surface area (Å²) < 4.78 is 6.68. The van der Waals surface area contributed by atoms with Crippen LogP contribution in [-0.2, 0) is 11.8 Å². The van der Waals surface area contributed by atoms with E-state index in [2.05, 4.69) is 22.1 Å². The van der Waals surface area contributed by atoms with Crippen molar-refractivity contribution in [3.63, 3.8) is 0 Å².